The Kier molecular flexibility index (Phi) is 3.28. The number of ether oxygens (including phenoxy) is 1. The first kappa shape index (κ1) is 11.9. The van der Waals surface area contributed by atoms with Gasteiger partial charge in [0.05, 0.1) is 12.1 Å². The number of hydrogen-bond acceptors (Lipinski definition) is 3. The summed E-state index contributed by atoms with van der Waals surface area (Å²) in [6, 6.07) is 2.88. The molecule has 0 amide bonds. The second-order valence-corrected chi connectivity index (χ2v) is 4.21. The van der Waals surface area contributed by atoms with Crippen LogP contribution in [-0.2, 0) is 4.74 Å². The van der Waals surface area contributed by atoms with Crippen LogP contribution in [0, 0.1) is 0 Å². The van der Waals surface area contributed by atoms with Crippen LogP contribution in [0.5, 0.6) is 0 Å². The van der Waals surface area contributed by atoms with Crippen molar-refractivity contribution in [1.29, 1.82) is 0 Å². The van der Waals surface area contributed by atoms with Crippen LogP contribution in [0.2, 0.25) is 0 Å². The van der Waals surface area contributed by atoms with Gasteiger partial charge in [0.15, 0.2) is 0 Å². The van der Waals surface area contributed by atoms with Gasteiger partial charge >= 0.3 is 5.97 Å². The van der Waals surface area contributed by atoms with Gasteiger partial charge < -0.3 is 14.4 Å². The normalized spacial score (nSPS) is 23.8. The molecule has 1 N–H and O–H groups in total. The summed E-state index contributed by atoms with van der Waals surface area (Å²) in [5.74, 6) is -1.18. The van der Waals surface area contributed by atoms with E-state index in [4.69, 9.17) is 9.84 Å². The number of carboxylic acids is 1. The summed E-state index contributed by atoms with van der Waals surface area (Å²) in [5.41, 5.74) is -0.636. The molecule has 1 aromatic rings. The lowest BCUT2D eigenvalue weighted by atomic mass is 10.2. The van der Waals surface area contributed by atoms with Crippen molar-refractivity contribution in [3.63, 3.8) is 0 Å². The van der Waals surface area contributed by atoms with Crippen molar-refractivity contribution in [3.05, 3.63) is 34.2 Å². The Morgan fingerprint density at radius 1 is 1.53 bits per heavy atom. The molecule has 5 nitrogen and oxygen atoms in total. The Balaban J connectivity index is 2.42. The minimum atomic E-state index is -1.18. The van der Waals surface area contributed by atoms with Crippen LogP contribution in [0.25, 0.3) is 0 Å². The minimum Gasteiger partial charge on any atom is -0.477 e. The zero-order valence-corrected chi connectivity index (χ0v) is 9.63. The highest BCUT2D eigenvalue weighted by Gasteiger charge is 2.29. The molecular weight excluding hydrogens is 222 g/mol. The van der Waals surface area contributed by atoms with E-state index >= 15 is 0 Å². The maximum absolute atomic E-state index is 12.0. The van der Waals surface area contributed by atoms with E-state index in [9.17, 15) is 9.59 Å². The fraction of sp³-hybridized carbons (Fsp3) is 0.500. The van der Waals surface area contributed by atoms with Crippen LogP contribution >= 0.6 is 0 Å². The van der Waals surface area contributed by atoms with Crippen LogP contribution in [-0.4, -0.2) is 28.9 Å². The number of methoxy groups -OCH3 is 1. The lowest BCUT2D eigenvalue weighted by Crippen LogP contribution is -2.32. The third kappa shape index (κ3) is 2.10. The number of hydrogen-bond donors (Lipinski definition) is 1. The number of nitrogens with zero attached hydrogens (tertiary/aromatic N) is 1. The molecule has 92 valence electrons. The zero-order chi connectivity index (χ0) is 12.4. The van der Waals surface area contributed by atoms with Gasteiger partial charge in [-0.2, -0.15) is 0 Å². The van der Waals surface area contributed by atoms with Crippen molar-refractivity contribution in [3.8, 4) is 0 Å². The van der Waals surface area contributed by atoms with Crippen LogP contribution in [0.3, 0.4) is 0 Å². The Hall–Kier alpha value is -1.62. The summed E-state index contributed by atoms with van der Waals surface area (Å²) in [6.07, 6.45) is 4.38. The number of aromatic carboxylic acids is 1. The van der Waals surface area contributed by atoms with E-state index in [0.717, 1.165) is 19.3 Å². The van der Waals surface area contributed by atoms with Crippen LogP contribution < -0.4 is 5.56 Å². The standard InChI is InChI=1S/C12H15NO4/c1-17-10-6-2-5-9(10)13-7-3-4-8(11(13)14)12(15)16/h3-4,7,9-10H,2,5-6H2,1H3,(H,15,16)/t9-,10+/m0/s1. The summed E-state index contributed by atoms with van der Waals surface area (Å²) >= 11 is 0. The van der Waals surface area contributed by atoms with Crippen LogP contribution in [0.1, 0.15) is 35.7 Å². The van der Waals surface area contributed by atoms with Gasteiger partial charge in [-0.1, -0.05) is 0 Å². The molecule has 1 heterocycles. The van der Waals surface area contributed by atoms with Gasteiger partial charge in [0, 0.05) is 13.3 Å². The van der Waals surface area contributed by atoms with Gasteiger partial charge in [0.1, 0.15) is 5.56 Å². The monoisotopic (exact) mass is 237 g/mol. The molecule has 5 heteroatoms. The van der Waals surface area contributed by atoms with E-state index < -0.39 is 11.5 Å². The minimum absolute atomic E-state index is 0.00301. The van der Waals surface area contributed by atoms with Crippen molar-refractivity contribution in [2.75, 3.05) is 7.11 Å². The number of aromatic nitrogens is 1. The molecule has 17 heavy (non-hydrogen) atoms. The predicted molar refractivity (Wildman–Crippen MR) is 61.3 cm³/mol. The maximum atomic E-state index is 12.0. The average Bonchev–Trinajstić information content (AvgIpc) is 2.76. The van der Waals surface area contributed by atoms with Crippen molar-refractivity contribution in [2.24, 2.45) is 0 Å². The van der Waals surface area contributed by atoms with Gasteiger partial charge in [-0.25, -0.2) is 4.79 Å². The molecule has 0 aromatic carbocycles. The second-order valence-electron chi connectivity index (χ2n) is 4.21. The summed E-state index contributed by atoms with van der Waals surface area (Å²) in [6.45, 7) is 0. The summed E-state index contributed by atoms with van der Waals surface area (Å²) in [5, 5.41) is 8.91. The largest absolute Gasteiger partial charge is 0.477 e. The number of pyridine rings is 1. The highest BCUT2D eigenvalue weighted by atomic mass is 16.5. The predicted octanol–water partition coefficient (Wildman–Crippen LogP) is 1.29. The number of carboxylic acid groups (broad SMARTS) is 1. The molecule has 1 aromatic heterocycles. The summed E-state index contributed by atoms with van der Waals surface area (Å²) < 4.78 is 6.82. The Bertz CT molecular complexity index is 480. The van der Waals surface area contributed by atoms with Crippen LogP contribution in [0.15, 0.2) is 23.1 Å². The molecule has 0 radical (unpaired) electrons. The molecule has 0 unspecified atom stereocenters. The third-order valence-corrected chi connectivity index (χ3v) is 3.28. The Morgan fingerprint density at radius 2 is 2.29 bits per heavy atom. The van der Waals surface area contributed by atoms with E-state index in [0.29, 0.717) is 0 Å². The second kappa shape index (κ2) is 4.71. The summed E-state index contributed by atoms with van der Waals surface area (Å²) in [4.78, 5) is 22.9. The molecule has 0 saturated heterocycles. The molecular formula is C12H15NO4. The molecule has 2 rings (SSSR count). The van der Waals surface area contributed by atoms with Gasteiger partial charge in [-0.15, -0.1) is 0 Å². The molecule has 1 aliphatic carbocycles. The van der Waals surface area contributed by atoms with Crippen LogP contribution in [0.4, 0.5) is 0 Å². The van der Waals surface area contributed by atoms with Gasteiger partial charge in [-0.05, 0) is 31.4 Å². The number of rotatable bonds is 3. The lowest BCUT2D eigenvalue weighted by molar-refractivity contribution is 0.0677. The Morgan fingerprint density at radius 3 is 2.94 bits per heavy atom. The molecule has 1 aliphatic rings. The average molecular weight is 237 g/mol. The Labute approximate surface area is 98.6 Å². The van der Waals surface area contributed by atoms with Crippen molar-refractivity contribution >= 4 is 5.97 Å². The topological polar surface area (TPSA) is 68.5 Å². The SMILES string of the molecule is CO[C@@H]1CCC[C@@H]1n1cccc(C(=O)O)c1=O. The van der Waals surface area contributed by atoms with E-state index in [1.165, 1.54) is 10.6 Å². The van der Waals surface area contributed by atoms with E-state index in [-0.39, 0.29) is 17.7 Å². The van der Waals surface area contributed by atoms with Crippen molar-refractivity contribution in [1.82, 2.24) is 4.57 Å². The fourth-order valence-corrected chi connectivity index (χ4v) is 2.43. The van der Waals surface area contributed by atoms with Gasteiger partial charge in [0.25, 0.3) is 5.56 Å². The first-order valence-electron chi connectivity index (χ1n) is 5.62. The van der Waals surface area contributed by atoms with E-state index in [2.05, 4.69) is 0 Å². The first-order chi connectivity index (χ1) is 8.15. The fourth-order valence-electron chi connectivity index (χ4n) is 2.43. The quantitative estimate of drug-likeness (QED) is 0.860. The molecule has 0 spiro atoms. The highest BCUT2D eigenvalue weighted by molar-refractivity contribution is 5.86. The molecule has 1 saturated carbocycles. The smallest absolute Gasteiger partial charge is 0.341 e. The molecule has 0 bridgehead atoms. The first-order valence-corrected chi connectivity index (χ1v) is 5.62. The van der Waals surface area contributed by atoms with Crippen molar-refractivity contribution in [2.45, 2.75) is 31.4 Å². The molecule has 0 aliphatic heterocycles. The lowest BCUT2D eigenvalue weighted by Gasteiger charge is -2.20. The van der Waals surface area contributed by atoms with Crippen molar-refractivity contribution < 1.29 is 14.6 Å². The highest BCUT2D eigenvalue weighted by Crippen LogP contribution is 2.30. The van der Waals surface area contributed by atoms with Gasteiger partial charge in [0.2, 0.25) is 0 Å². The summed E-state index contributed by atoms with van der Waals surface area (Å²) in [7, 11) is 1.62. The van der Waals surface area contributed by atoms with E-state index in [1.54, 1.807) is 19.4 Å². The number of carbonyl (C=O) groups is 1. The molecule has 2 atom stereocenters. The van der Waals surface area contributed by atoms with E-state index in [1.807, 2.05) is 0 Å². The van der Waals surface area contributed by atoms with Gasteiger partial charge in [-0.3, -0.25) is 4.79 Å². The maximum Gasteiger partial charge on any atom is 0.341 e. The molecule has 1 fully saturated rings. The zero-order valence-electron chi connectivity index (χ0n) is 9.63. The third-order valence-electron chi connectivity index (χ3n) is 3.28.